The van der Waals surface area contributed by atoms with Gasteiger partial charge in [0.25, 0.3) is 0 Å². The predicted molar refractivity (Wildman–Crippen MR) is 112 cm³/mol. The number of para-hydroxylation sites is 2. The Labute approximate surface area is 165 Å². The molecule has 0 bridgehead atoms. The molecule has 4 nitrogen and oxygen atoms in total. The lowest BCUT2D eigenvalue weighted by molar-refractivity contribution is -0.112. The fourth-order valence-electron chi connectivity index (χ4n) is 2.92. The number of rotatable bonds is 4. The highest BCUT2D eigenvalue weighted by atomic mass is 32.3. The fourth-order valence-corrected chi connectivity index (χ4v) is 8.04. The second kappa shape index (κ2) is 6.61. The molecule has 26 heavy (non-hydrogen) atoms. The van der Waals surface area contributed by atoms with Gasteiger partial charge in [-0.25, -0.2) is 4.98 Å². The van der Waals surface area contributed by atoms with Gasteiger partial charge in [-0.05, 0) is 35.4 Å². The number of ketones is 1. The van der Waals surface area contributed by atoms with E-state index in [4.69, 9.17) is 0 Å². The molecule has 2 aliphatic heterocycles. The predicted octanol–water partition coefficient (Wildman–Crippen LogP) is 5.45. The van der Waals surface area contributed by atoms with Crippen LogP contribution in [-0.2, 0) is 4.79 Å². The molecule has 0 aliphatic carbocycles. The van der Waals surface area contributed by atoms with Crippen molar-refractivity contribution in [2.24, 2.45) is 0 Å². The number of carbonyl (C=O) groups is 1. The summed E-state index contributed by atoms with van der Waals surface area (Å²) in [6, 6.07) is 16.0. The van der Waals surface area contributed by atoms with Crippen LogP contribution in [0.25, 0.3) is 10.2 Å². The number of aromatic nitrogens is 1. The molecule has 1 atom stereocenters. The van der Waals surface area contributed by atoms with Crippen molar-refractivity contribution in [2.75, 3.05) is 10.7 Å². The summed E-state index contributed by atoms with van der Waals surface area (Å²) in [7, 11) is 0. The van der Waals surface area contributed by atoms with Gasteiger partial charge in [-0.3, -0.25) is 4.79 Å². The van der Waals surface area contributed by atoms with Crippen LogP contribution in [0.1, 0.15) is 0 Å². The summed E-state index contributed by atoms with van der Waals surface area (Å²) < 4.78 is 12.6. The molecule has 5 rings (SSSR count). The number of carbonyl (C=O) groups excluding carboxylic acids is 1. The minimum absolute atomic E-state index is 0.0208. The number of thioether (sulfide) groups is 2. The van der Waals surface area contributed by atoms with Crippen molar-refractivity contribution in [1.82, 2.24) is 4.98 Å². The third-order valence-electron chi connectivity index (χ3n) is 4.15. The summed E-state index contributed by atoms with van der Waals surface area (Å²) >= 11 is 3.58. The van der Waals surface area contributed by atoms with Crippen molar-refractivity contribution < 1.29 is 9.35 Å². The zero-order valence-corrected chi connectivity index (χ0v) is 16.6. The van der Waals surface area contributed by atoms with E-state index in [1.54, 1.807) is 23.1 Å². The highest BCUT2D eigenvalue weighted by Gasteiger charge is 2.42. The molecule has 2 aromatic carbocycles. The normalized spacial score (nSPS) is 18.9. The van der Waals surface area contributed by atoms with E-state index in [-0.39, 0.29) is 10.5 Å². The Balaban J connectivity index is 1.33. The number of Topliss-reactive ketones (excluding diaryl/α,β-unsaturated/α-hetero) is 1. The Morgan fingerprint density at radius 3 is 2.92 bits per heavy atom. The van der Waals surface area contributed by atoms with Crippen LogP contribution < -0.4 is 4.90 Å². The van der Waals surface area contributed by atoms with E-state index in [1.807, 2.05) is 59.6 Å². The lowest BCUT2D eigenvalue weighted by atomic mass is 10.3. The Bertz CT molecular complexity index is 1020. The quantitative estimate of drug-likeness (QED) is 0.570. The smallest absolute Gasteiger partial charge is 0.182 e. The number of fused-ring (bicyclic) bond motifs is 4. The summed E-state index contributed by atoms with van der Waals surface area (Å²) in [4.78, 5) is 20.9. The van der Waals surface area contributed by atoms with Gasteiger partial charge in [0, 0.05) is 11.1 Å². The summed E-state index contributed by atoms with van der Waals surface area (Å²) in [5, 5.41) is 0. The minimum Gasteiger partial charge on any atom is -0.334 e. The van der Waals surface area contributed by atoms with Gasteiger partial charge in [0.2, 0.25) is 0 Å². The lowest BCUT2D eigenvalue weighted by Crippen LogP contribution is -2.17. The maximum absolute atomic E-state index is 12.7. The van der Waals surface area contributed by atoms with E-state index < -0.39 is 11.2 Å². The number of benzene rings is 2. The van der Waals surface area contributed by atoms with Crippen molar-refractivity contribution in [2.45, 2.75) is 13.9 Å². The van der Waals surface area contributed by atoms with E-state index in [9.17, 15) is 9.35 Å². The molecule has 0 spiro atoms. The summed E-state index contributed by atoms with van der Waals surface area (Å²) in [5.74, 6) is 0.273. The second-order valence-electron chi connectivity index (χ2n) is 5.77. The van der Waals surface area contributed by atoms with Gasteiger partial charge in [-0.2, -0.15) is 0 Å². The van der Waals surface area contributed by atoms with Crippen LogP contribution in [0.15, 0.2) is 68.9 Å². The number of hydrogen-bond donors (Lipinski definition) is 1. The topological polar surface area (TPSA) is 53.4 Å². The molecule has 2 aliphatic rings. The number of nitrogens with zero attached hydrogens (tertiary/aromatic N) is 2. The van der Waals surface area contributed by atoms with Crippen molar-refractivity contribution in [3.63, 3.8) is 0 Å². The van der Waals surface area contributed by atoms with Crippen LogP contribution in [0.3, 0.4) is 0 Å². The molecule has 0 saturated heterocycles. The molecule has 3 aromatic rings. The van der Waals surface area contributed by atoms with Crippen LogP contribution in [0.2, 0.25) is 0 Å². The van der Waals surface area contributed by atoms with Gasteiger partial charge in [-0.15, -0.1) is 11.3 Å². The summed E-state index contributed by atoms with van der Waals surface area (Å²) in [6.45, 7) is 0. The van der Waals surface area contributed by atoms with E-state index in [1.165, 1.54) is 11.8 Å². The largest absolute Gasteiger partial charge is 0.334 e. The zero-order chi connectivity index (χ0) is 17.7. The average Bonchev–Trinajstić information content (AvgIpc) is 3.32. The molecule has 0 fully saturated rings. The number of thiazole rings is 1. The van der Waals surface area contributed by atoms with Crippen LogP contribution in [0, 0.1) is 0 Å². The first-order valence-electron chi connectivity index (χ1n) is 7.90. The molecular formula is C18H13N2O2S4. The average molecular weight is 418 g/mol. The SMILES string of the molecule is O=C(CSc1nc2ccccc2s1)C1=CN2c3ccccc3SC2[S]1O. The van der Waals surface area contributed by atoms with Crippen LogP contribution >= 0.6 is 46.0 Å². The molecule has 131 valence electrons. The van der Waals surface area contributed by atoms with Gasteiger partial charge < -0.3 is 9.45 Å². The molecule has 0 amide bonds. The van der Waals surface area contributed by atoms with Crippen LogP contribution in [0.5, 0.6) is 0 Å². The van der Waals surface area contributed by atoms with Crippen molar-refractivity contribution >= 4 is 67.7 Å². The van der Waals surface area contributed by atoms with Crippen molar-refractivity contribution in [3.8, 4) is 0 Å². The zero-order valence-electron chi connectivity index (χ0n) is 13.4. The first kappa shape index (κ1) is 16.7. The highest BCUT2D eigenvalue weighted by molar-refractivity contribution is 8.27. The van der Waals surface area contributed by atoms with E-state index in [0.717, 1.165) is 25.1 Å². The third kappa shape index (κ3) is 2.76. The Morgan fingerprint density at radius 1 is 1.23 bits per heavy atom. The first-order valence-corrected chi connectivity index (χ1v) is 11.8. The number of allylic oxidation sites excluding steroid dienone is 1. The van der Waals surface area contributed by atoms with E-state index in [2.05, 4.69) is 4.98 Å². The highest BCUT2D eigenvalue weighted by Crippen LogP contribution is 2.59. The fraction of sp³-hybridized carbons (Fsp3) is 0.111. The monoisotopic (exact) mass is 417 g/mol. The Morgan fingerprint density at radius 2 is 2.04 bits per heavy atom. The summed E-state index contributed by atoms with van der Waals surface area (Å²) in [5.41, 5.74) is 2.03. The molecule has 8 heteroatoms. The standard InChI is InChI=1S/C18H13N2O2S4/c21-13(10-23-17-19-11-5-1-3-7-14(11)24-17)16-9-20-12-6-2-4-8-15(12)25-18(20)26(16)22/h1-9,18,22H,10H2. The Hall–Kier alpha value is -1.45. The Kier molecular flexibility index (Phi) is 4.25. The summed E-state index contributed by atoms with van der Waals surface area (Å²) in [6.07, 6.45) is 1.83. The lowest BCUT2D eigenvalue weighted by Gasteiger charge is -2.18. The third-order valence-corrected chi connectivity index (χ3v) is 9.58. The molecule has 1 radical (unpaired) electrons. The van der Waals surface area contributed by atoms with Gasteiger partial charge >= 0.3 is 0 Å². The van der Waals surface area contributed by atoms with Crippen molar-refractivity contribution in [1.29, 1.82) is 0 Å². The molecular weight excluding hydrogens is 404 g/mol. The van der Waals surface area contributed by atoms with Crippen LogP contribution in [-0.4, -0.2) is 25.8 Å². The number of anilines is 1. The molecule has 1 N–H and O–H groups in total. The van der Waals surface area contributed by atoms with Crippen molar-refractivity contribution in [3.05, 3.63) is 59.6 Å². The minimum atomic E-state index is -1.07. The molecule has 3 heterocycles. The van der Waals surface area contributed by atoms with E-state index >= 15 is 0 Å². The number of hydrogen-bond acceptors (Lipinski definition) is 7. The van der Waals surface area contributed by atoms with Gasteiger partial charge in [0.15, 0.2) is 10.1 Å². The van der Waals surface area contributed by atoms with Gasteiger partial charge in [0.05, 0.1) is 26.6 Å². The van der Waals surface area contributed by atoms with Crippen LogP contribution in [0.4, 0.5) is 5.69 Å². The van der Waals surface area contributed by atoms with Gasteiger partial charge in [0.1, 0.15) is 4.71 Å². The molecule has 1 unspecified atom stereocenters. The van der Waals surface area contributed by atoms with Gasteiger partial charge in [-0.1, -0.05) is 47.8 Å². The van der Waals surface area contributed by atoms with E-state index in [0.29, 0.717) is 10.7 Å². The molecule has 1 aromatic heterocycles. The second-order valence-corrected chi connectivity index (χ2v) is 11.0. The molecule has 0 saturated carbocycles. The maximum Gasteiger partial charge on any atom is 0.182 e. The maximum atomic E-state index is 12.7. The first-order chi connectivity index (χ1) is 12.7.